The summed E-state index contributed by atoms with van der Waals surface area (Å²) >= 11 is 0. The van der Waals surface area contributed by atoms with E-state index in [-0.39, 0.29) is 83.6 Å². The molecule has 4 saturated heterocycles. The fourth-order valence-corrected chi connectivity index (χ4v) is 14.8. The molecule has 0 radical (unpaired) electrons. The summed E-state index contributed by atoms with van der Waals surface area (Å²) in [5.41, 5.74) is 5.40. The minimum atomic E-state index is -0.440. The highest BCUT2D eigenvalue weighted by Crippen LogP contribution is 2.41. The molecule has 6 aliphatic rings. The SMILES string of the molecule is C[C@@H]1CN(CC(=O)N2CC(C)(C)c3[nH]c(=O)c(Cc4ccc(F)cc4)cc32)[C@@H](CN2CCC(CN(C)C(=O)c3cccc(C(=O)N(C)CC4CCN(C[C@H]5CN[C@H](C)CN5CC(=O)N5CC(C)(C)c6[nH]c(=O)c(Cc7ccc(F)cc7)cc65)CC4)c3)CC2)CN1. The smallest absolute Gasteiger partial charge is 0.253 e. The molecule has 5 aromatic rings. The van der Waals surface area contributed by atoms with Gasteiger partial charge in [-0.05, 0) is 143 Å². The van der Waals surface area contributed by atoms with Gasteiger partial charge in [0, 0.05) is 161 Å². The molecule has 0 unspecified atom stereocenters. The molecule has 4 amide bonds. The minimum absolute atomic E-state index is 0.00297. The van der Waals surface area contributed by atoms with Gasteiger partial charge in [-0.15, -0.1) is 0 Å². The predicted octanol–water partition coefficient (Wildman–Crippen LogP) is 6.06. The summed E-state index contributed by atoms with van der Waals surface area (Å²) in [4.78, 5) is 106. The van der Waals surface area contributed by atoms with E-state index in [1.165, 1.54) is 24.3 Å². The third-order valence-corrected chi connectivity index (χ3v) is 20.1. The highest BCUT2D eigenvalue weighted by atomic mass is 19.1. The van der Waals surface area contributed by atoms with Gasteiger partial charge in [0.1, 0.15) is 11.6 Å². The van der Waals surface area contributed by atoms with Crippen molar-refractivity contribution in [3.63, 3.8) is 0 Å². The Kier molecular flexibility index (Phi) is 19.4. The number of nitrogens with one attached hydrogen (secondary N) is 4. The van der Waals surface area contributed by atoms with Crippen LogP contribution in [0.4, 0.5) is 20.2 Å². The normalized spacial score (nSPS) is 22.6. The number of aromatic nitrogens is 2. The largest absolute Gasteiger partial charge is 0.341 e. The van der Waals surface area contributed by atoms with Crippen molar-refractivity contribution in [3.05, 3.63) is 162 Å². The van der Waals surface area contributed by atoms with Gasteiger partial charge in [0.25, 0.3) is 22.9 Å². The molecule has 0 bridgehead atoms. The van der Waals surface area contributed by atoms with E-state index in [4.69, 9.17) is 0 Å². The van der Waals surface area contributed by atoms with Crippen LogP contribution in [-0.4, -0.2) is 206 Å². The highest BCUT2D eigenvalue weighted by molar-refractivity contribution is 6.00. The monoisotopic (exact) mass is 1230 g/mol. The van der Waals surface area contributed by atoms with E-state index in [9.17, 15) is 37.5 Å². The number of nitrogens with zero attached hydrogens (tertiary/aromatic N) is 8. The van der Waals surface area contributed by atoms with Gasteiger partial charge in [-0.3, -0.25) is 38.6 Å². The van der Waals surface area contributed by atoms with Crippen LogP contribution in [-0.2, 0) is 33.3 Å². The van der Waals surface area contributed by atoms with Crippen molar-refractivity contribution >= 4 is 35.0 Å². The average molecular weight is 1240 g/mol. The summed E-state index contributed by atoms with van der Waals surface area (Å²) < 4.78 is 27.3. The van der Waals surface area contributed by atoms with Crippen molar-refractivity contribution in [1.29, 1.82) is 0 Å². The maximum atomic E-state index is 14.4. The lowest BCUT2D eigenvalue weighted by Crippen LogP contribution is -2.61. The number of carbonyl (C=O) groups is 4. The van der Waals surface area contributed by atoms with E-state index in [0.717, 1.165) is 125 Å². The molecule has 4 fully saturated rings. The molecule has 6 aliphatic heterocycles. The average Bonchev–Trinajstić information content (AvgIpc) is 1.62. The van der Waals surface area contributed by atoms with E-state index in [0.29, 0.717) is 73.1 Å². The summed E-state index contributed by atoms with van der Waals surface area (Å²) in [5.74, 6) is -0.241. The Morgan fingerprint density at radius 1 is 0.556 bits per heavy atom. The molecule has 482 valence electrons. The number of hydrogen-bond donors (Lipinski definition) is 4. The summed E-state index contributed by atoms with van der Waals surface area (Å²) in [7, 11) is 3.71. The molecular formula is C70H92F2N12O6. The van der Waals surface area contributed by atoms with Crippen LogP contribution in [0.5, 0.6) is 0 Å². The predicted molar refractivity (Wildman–Crippen MR) is 348 cm³/mol. The minimum Gasteiger partial charge on any atom is -0.341 e. The molecule has 4 N–H and O–H groups in total. The Balaban J connectivity index is 0.625. The topological polar surface area (TPSA) is 184 Å². The maximum Gasteiger partial charge on any atom is 0.253 e. The number of piperazine rings is 2. The van der Waals surface area contributed by atoms with Crippen LogP contribution >= 0.6 is 0 Å². The molecule has 3 aromatic carbocycles. The molecule has 8 heterocycles. The maximum absolute atomic E-state index is 14.4. The zero-order valence-corrected chi connectivity index (χ0v) is 53.9. The van der Waals surface area contributed by atoms with Crippen LogP contribution in [0.1, 0.15) is 122 Å². The van der Waals surface area contributed by atoms with Crippen LogP contribution in [0, 0.1) is 23.5 Å². The van der Waals surface area contributed by atoms with Gasteiger partial charge >= 0.3 is 0 Å². The lowest BCUT2D eigenvalue weighted by Gasteiger charge is -2.43. The van der Waals surface area contributed by atoms with E-state index in [1.807, 2.05) is 63.7 Å². The summed E-state index contributed by atoms with van der Waals surface area (Å²) in [6.07, 6.45) is 4.41. The fraction of sp³-hybridized carbons (Fsp3) is 0.543. The van der Waals surface area contributed by atoms with E-state index >= 15 is 0 Å². The Morgan fingerprint density at radius 2 is 0.933 bits per heavy atom. The van der Waals surface area contributed by atoms with E-state index < -0.39 is 10.8 Å². The molecule has 90 heavy (non-hydrogen) atoms. The number of fused-ring (bicyclic) bond motifs is 2. The van der Waals surface area contributed by atoms with Crippen molar-refractivity contribution < 1.29 is 28.0 Å². The van der Waals surface area contributed by atoms with Crippen LogP contribution < -0.4 is 31.6 Å². The summed E-state index contributed by atoms with van der Waals surface area (Å²) in [5, 5.41) is 7.30. The highest BCUT2D eigenvalue weighted by Gasteiger charge is 2.43. The Bertz CT molecular complexity index is 3310. The Hall–Kier alpha value is -6.94. The van der Waals surface area contributed by atoms with Gasteiger partial charge in [0.2, 0.25) is 11.8 Å². The van der Waals surface area contributed by atoms with E-state index in [1.54, 1.807) is 58.3 Å². The van der Waals surface area contributed by atoms with Crippen LogP contribution in [0.3, 0.4) is 0 Å². The summed E-state index contributed by atoms with van der Waals surface area (Å²) in [6, 6.07) is 23.8. The van der Waals surface area contributed by atoms with Crippen molar-refractivity contribution in [3.8, 4) is 0 Å². The third-order valence-electron chi connectivity index (χ3n) is 20.1. The second-order valence-corrected chi connectivity index (χ2v) is 28.3. The molecule has 4 atom stereocenters. The van der Waals surface area contributed by atoms with Crippen LogP contribution in [0.2, 0.25) is 0 Å². The van der Waals surface area contributed by atoms with E-state index in [2.05, 4.69) is 54.0 Å². The van der Waals surface area contributed by atoms with Gasteiger partial charge in [-0.2, -0.15) is 0 Å². The number of likely N-dealkylation sites (tertiary alicyclic amines) is 2. The third kappa shape index (κ3) is 14.8. The number of halogens is 2. The molecular weight excluding hydrogens is 1140 g/mol. The van der Waals surface area contributed by atoms with Crippen LogP contribution in [0.15, 0.2) is 94.5 Å². The number of anilines is 2. The summed E-state index contributed by atoms with van der Waals surface area (Å²) in [6.45, 7) is 23.3. The molecule has 18 nitrogen and oxygen atoms in total. The van der Waals surface area contributed by atoms with Crippen molar-refractivity contribution in [1.82, 2.24) is 50.0 Å². The lowest BCUT2D eigenvalue weighted by molar-refractivity contribution is -0.121. The number of rotatable bonds is 18. The molecule has 2 aromatic heterocycles. The van der Waals surface area contributed by atoms with Gasteiger partial charge in [0.05, 0.1) is 24.5 Å². The first-order chi connectivity index (χ1) is 42.9. The van der Waals surface area contributed by atoms with Gasteiger partial charge in [0.15, 0.2) is 0 Å². The van der Waals surface area contributed by atoms with Gasteiger partial charge in [-0.25, -0.2) is 8.78 Å². The molecule has 11 rings (SSSR count). The molecule has 20 heteroatoms. The van der Waals surface area contributed by atoms with Gasteiger partial charge < -0.3 is 50.0 Å². The number of aromatic amines is 2. The van der Waals surface area contributed by atoms with Crippen molar-refractivity contribution in [2.24, 2.45) is 11.8 Å². The fourth-order valence-electron chi connectivity index (χ4n) is 14.8. The Morgan fingerprint density at radius 3 is 1.31 bits per heavy atom. The second kappa shape index (κ2) is 27.1. The lowest BCUT2D eigenvalue weighted by atomic mass is 9.91. The number of carbonyl (C=O) groups excluding carboxylic acids is 4. The van der Waals surface area contributed by atoms with Crippen molar-refractivity contribution in [2.45, 2.75) is 115 Å². The second-order valence-electron chi connectivity index (χ2n) is 28.3. The van der Waals surface area contributed by atoms with Gasteiger partial charge in [-0.1, -0.05) is 58.0 Å². The first kappa shape index (κ1) is 64.6. The first-order valence-electron chi connectivity index (χ1n) is 32.6. The molecule has 0 spiro atoms. The quantitative estimate of drug-likeness (QED) is 0.0797. The number of H-pyrrole nitrogens is 2. The number of amides is 4. The zero-order chi connectivity index (χ0) is 63.8. The molecule has 0 aliphatic carbocycles. The molecule has 0 saturated carbocycles. The number of piperidine rings is 2. The van der Waals surface area contributed by atoms with Crippen molar-refractivity contribution in [2.75, 3.05) is 129 Å². The zero-order valence-electron chi connectivity index (χ0n) is 53.9. The number of pyridine rings is 2. The Labute approximate surface area is 528 Å². The standard InChI is InChI=1S/C70H92F2N12O6/c1-45-35-81(41-61(85)83-43-69(3,4)63-59(83)31-53(65(87)75-63)28-47-12-16-55(71)17-13-47)57(33-73-45)39-79-24-20-49(21-25-79)37-77(7)67(89)51-10-9-11-52(30-51)68(90)78(8)38-50-22-26-80(27-23-50)40-58-34-74-46(2)36-82(58)42-62(86)84-44-70(5,6)64-60(84)32-54(66(88)76-64)29-48-14-18-56(72)19-15-48/h9-19,30-32,45-46,49-50,57-58,73-74H,20-29,33-44H2,1-8H3,(H,75,87)(H,76,88)/t45-,46-,57-,58-/m1/s1. The number of hydrogen-bond acceptors (Lipinski definition) is 12. The first-order valence-corrected chi connectivity index (χ1v) is 32.6. The van der Waals surface area contributed by atoms with Crippen LogP contribution in [0.25, 0.3) is 0 Å². The number of benzene rings is 3.